The first-order valence-corrected chi connectivity index (χ1v) is 5.58. The van der Waals surface area contributed by atoms with Crippen molar-refractivity contribution in [2.45, 2.75) is 19.4 Å². The topological polar surface area (TPSA) is 75.1 Å². The minimum Gasteiger partial charge on any atom is -0.480 e. The fraction of sp³-hybridized carbons (Fsp3) is 0.300. The summed E-state index contributed by atoms with van der Waals surface area (Å²) in [6, 6.07) is 1.76. The number of nitrogens with one attached hydrogen (secondary N) is 1. The summed E-state index contributed by atoms with van der Waals surface area (Å²) in [7, 11) is 0. The summed E-state index contributed by atoms with van der Waals surface area (Å²) in [5.41, 5.74) is 2.06. The summed E-state index contributed by atoms with van der Waals surface area (Å²) < 4.78 is 0.872. The predicted molar refractivity (Wildman–Crippen MR) is 62.8 cm³/mol. The second kappa shape index (κ2) is 3.71. The molecule has 0 aliphatic heterocycles. The number of carboxylic acid groups (broad SMARTS) is 1. The highest BCUT2D eigenvalue weighted by molar-refractivity contribution is 7.17. The zero-order valence-electron chi connectivity index (χ0n) is 8.89. The van der Waals surface area contributed by atoms with Crippen molar-refractivity contribution in [3.8, 4) is 0 Å². The molecular weight excluding hydrogens is 226 g/mol. The molecule has 0 aromatic carbocycles. The first-order valence-electron chi connectivity index (χ1n) is 4.70. The first-order chi connectivity index (χ1) is 7.50. The number of fused-ring (bicyclic) bond motifs is 1. The second-order valence-electron chi connectivity index (χ2n) is 3.92. The molecule has 0 bridgehead atoms. The van der Waals surface area contributed by atoms with E-state index < -0.39 is 11.5 Å². The van der Waals surface area contributed by atoms with Gasteiger partial charge in [0, 0.05) is 6.20 Å². The van der Waals surface area contributed by atoms with E-state index in [1.165, 1.54) is 11.3 Å². The van der Waals surface area contributed by atoms with E-state index in [1.54, 1.807) is 31.6 Å². The molecule has 0 amide bonds. The Morgan fingerprint density at radius 2 is 2.25 bits per heavy atom. The minimum atomic E-state index is -1.02. The van der Waals surface area contributed by atoms with Gasteiger partial charge in [0.25, 0.3) is 0 Å². The lowest BCUT2D eigenvalue weighted by molar-refractivity contribution is -0.141. The van der Waals surface area contributed by atoms with Gasteiger partial charge < -0.3 is 10.4 Å². The molecule has 0 atom stereocenters. The van der Waals surface area contributed by atoms with Crippen LogP contribution in [0.3, 0.4) is 0 Å². The maximum Gasteiger partial charge on any atom is 0.328 e. The summed E-state index contributed by atoms with van der Waals surface area (Å²) in [4.78, 5) is 19.2. The van der Waals surface area contributed by atoms with E-state index in [-0.39, 0.29) is 0 Å². The van der Waals surface area contributed by atoms with Crippen molar-refractivity contribution in [2.75, 3.05) is 5.32 Å². The normalized spacial score (nSPS) is 11.6. The lowest BCUT2D eigenvalue weighted by atomic mass is 10.1. The number of carbonyl (C=O) groups is 1. The number of thiazole rings is 1. The molecule has 2 aromatic heterocycles. The maximum atomic E-state index is 11.0. The van der Waals surface area contributed by atoms with Gasteiger partial charge in [-0.25, -0.2) is 14.8 Å². The molecule has 2 N–H and O–H groups in total. The number of aromatic nitrogens is 2. The summed E-state index contributed by atoms with van der Waals surface area (Å²) in [5.74, 6) is -0.901. The smallest absolute Gasteiger partial charge is 0.328 e. The van der Waals surface area contributed by atoms with Crippen LogP contribution in [0, 0.1) is 0 Å². The van der Waals surface area contributed by atoms with Gasteiger partial charge in [0.2, 0.25) is 0 Å². The average molecular weight is 237 g/mol. The van der Waals surface area contributed by atoms with Crippen molar-refractivity contribution in [1.82, 2.24) is 9.97 Å². The molecule has 0 radical (unpaired) electrons. The monoisotopic (exact) mass is 237 g/mol. The highest BCUT2D eigenvalue weighted by atomic mass is 32.1. The Bertz CT molecular complexity index is 536. The zero-order valence-corrected chi connectivity index (χ0v) is 9.71. The van der Waals surface area contributed by atoms with E-state index in [9.17, 15) is 4.79 Å². The third-order valence-corrected chi connectivity index (χ3v) is 3.06. The molecule has 0 unspecified atom stereocenters. The fourth-order valence-corrected chi connectivity index (χ4v) is 1.98. The number of hydrogen-bond donors (Lipinski definition) is 2. The number of pyridine rings is 1. The van der Waals surface area contributed by atoms with Gasteiger partial charge in [-0.15, -0.1) is 11.3 Å². The molecular formula is C10H11N3O2S. The zero-order chi connectivity index (χ0) is 11.8. The van der Waals surface area contributed by atoms with Crippen LogP contribution in [0.15, 0.2) is 17.8 Å². The molecule has 6 heteroatoms. The number of anilines is 1. The van der Waals surface area contributed by atoms with Crippen LogP contribution in [0.25, 0.3) is 10.3 Å². The standard InChI is InChI=1S/C10H11N3O2S/c1-10(2,9(14)15)13-6-3-4-11-8-7(6)16-5-12-8/h3-5H,1-2H3,(H,11,13)(H,14,15). The Kier molecular flexibility index (Phi) is 2.51. The molecule has 16 heavy (non-hydrogen) atoms. The van der Waals surface area contributed by atoms with Crippen molar-refractivity contribution in [2.24, 2.45) is 0 Å². The molecule has 0 saturated heterocycles. The third kappa shape index (κ3) is 1.83. The first kappa shape index (κ1) is 10.8. The van der Waals surface area contributed by atoms with Crippen LogP contribution in [0.5, 0.6) is 0 Å². The predicted octanol–water partition coefficient (Wildman–Crippen LogP) is 1.97. The van der Waals surface area contributed by atoms with Crippen LogP contribution in [-0.2, 0) is 4.79 Å². The van der Waals surface area contributed by atoms with Gasteiger partial charge in [0.15, 0.2) is 5.65 Å². The molecule has 0 aliphatic rings. The highest BCUT2D eigenvalue weighted by Crippen LogP contribution is 2.27. The van der Waals surface area contributed by atoms with Crippen molar-refractivity contribution in [3.63, 3.8) is 0 Å². The number of carboxylic acids is 1. The Morgan fingerprint density at radius 3 is 2.94 bits per heavy atom. The molecule has 0 aliphatic carbocycles. The molecule has 0 spiro atoms. The van der Waals surface area contributed by atoms with Gasteiger partial charge in [-0.1, -0.05) is 0 Å². The molecule has 2 heterocycles. The van der Waals surface area contributed by atoms with Crippen molar-refractivity contribution >= 4 is 33.3 Å². The Hall–Kier alpha value is -1.69. The Morgan fingerprint density at radius 1 is 1.50 bits per heavy atom. The van der Waals surface area contributed by atoms with Crippen LogP contribution in [0.2, 0.25) is 0 Å². The van der Waals surface area contributed by atoms with Gasteiger partial charge in [0.1, 0.15) is 5.54 Å². The van der Waals surface area contributed by atoms with E-state index >= 15 is 0 Å². The number of nitrogens with zero attached hydrogens (tertiary/aromatic N) is 2. The lowest BCUT2D eigenvalue weighted by Gasteiger charge is -2.22. The Balaban J connectivity index is 2.41. The van der Waals surface area contributed by atoms with Crippen LogP contribution in [-0.4, -0.2) is 26.6 Å². The summed E-state index contributed by atoms with van der Waals surface area (Å²) in [5, 5.41) is 12.0. The second-order valence-corrected chi connectivity index (χ2v) is 4.77. The molecule has 5 nitrogen and oxygen atoms in total. The number of hydrogen-bond acceptors (Lipinski definition) is 5. The minimum absolute atomic E-state index is 0.635. The van der Waals surface area contributed by atoms with Crippen molar-refractivity contribution in [3.05, 3.63) is 17.8 Å². The van der Waals surface area contributed by atoms with Crippen molar-refractivity contribution < 1.29 is 9.90 Å². The van der Waals surface area contributed by atoms with Crippen LogP contribution < -0.4 is 5.32 Å². The van der Waals surface area contributed by atoms with Gasteiger partial charge in [-0.2, -0.15) is 0 Å². The summed E-state index contributed by atoms with van der Waals surface area (Å²) in [6.07, 6.45) is 1.61. The highest BCUT2D eigenvalue weighted by Gasteiger charge is 2.27. The van der Waals surface area contributed by atoms with Gasteiger partial charge >= 0.3 is 5.97 Å². The van der Waals surface area contributed by atoms with Crippen molar-refractivity contribution in [1.29, 1.82) is 0 Å². The van der Waals surface area contributed by atoms with E-state index in [2.05, 4.69) is 15.3 Å². The molecule has 0 fully saturated rings. The van der Waals surface area contributed by atoms with E-state index in [0.717, 1.165) is 10.4 Å². The molecule has 2 aromatic rings. The summed E-state index contributed by atoms with van der Waals surface area (Å²) >= 11 is 1.44. The summed E-state index contributed by atoms with van der Waals surface area (Å²) in [6.45, 7) is 3.23. The molecule has 0 saturated carbocycles. The van der Waals surface area contributed by atoms with Gasteiger partial charge in [-0.05, 0) is 19.9 Å². The van der Waals surface area contributed by atoms with E-state index in [4.69, 9.17) is 5.11 Å². The van der Waals surface area contributed by atoms with Crippen LogP contribution in [0.1, 0.15) is 13.8 Å². The molecule has 2 rings (SSSR count). The maximum absolute atomic E-state index is 11.0. The number of rotatable bonds is 3. The van der Waals surface area contributed by atoms with Crippen LogP contribution in [0.4, 0.5) is 5.69 Å². The lowest BCUT2D eigenvalue weighted by Crippen LogP contribution is -2.39. The average Bonchev–Trinajstić information content (AvgIpc) is 2.65. The van der Waals surface area contributed by atoms with Crippen LogP contribution >= 0.6 is 11.3 Å². The third-order valence-electron chi connectivity index (χ3n) is 2.21. The van der Waals surface area contributed by atoms with Gasteiger partial charge in [-0.3, -0.25) is 0 Å². The quantitative estimate of drug-likeness (QED) is 0.853. The van der Waals surface area contributed by atoms with E-state index in [1.807, 2.05) is 0 Å². The van der Waals surface area contributed by atoms with Gasteiger partial charge in [0.05, 0.1) is 15.9 Å². The largest absolute Gasteiger partial charge is 0.480 e. The van der Waals surface area contributed by atoms with E-state index in [0.29, 0.717) is 5.65 Å². The Labute approximate surface area is 96.2 Å². The fourth-order valence-electron chi connectivity index (χ4n) is 1.26. The number of aliphatic carboxylic acids is 1. The molecule has 84 valence electrons. The SMILES string of the molecule is CC(C)(Nc1ccnc2ncsc12)C(=O)O.